The highest BCUT2D eigenvalue weighted by atomic mass is 16.3. The molecule has 3 aromatic rings. The highest BCUT2D eigenvalue weighted by Gasteiger charge is 2.29. The van der Waals surface area contributed by atoms with Gasteiger partial charge < -0.3 is 5.11 Å². The molecule has 1 aliphatic rings. The highest BCUT2D eigenvalue weighted by molar-refractivity contribution is 5.58. The number of nitrogens with zero attached hydrogens (tertiary/aromatic N) is 1. The molecule has 0 aliphatic heterocycles. The lowest BCUT2D eigenvalue weighted by Crippen LogP contribution is -2.38. The average molecular weight is 341 g/mol. The summed E-state index contributed by atoms with van der Waals surface area (Å²) in [5.41, 5.74) is 4.62. The fourth-order valence-electron chi connectivity index (χ4n) is 3.65. The second-order valence-corrected chi connectivity index (χ2v) is 6.80. The lowest BCUT2D eigenvalue weighted by molar-refractivity contribution is 0.0626. The summed E-state index contributed by atoms with van der Waals surface area (Å²) >= 11 is 0. The van der Waals surface area contributed by atoms with Crippen molar-refractivity contribution < 1.29 is 5.11 Å². The quantitative estimate of drug-likeness (QED) is 0.719. The van der Waals surface area contributed by atoms with Crippen LogP contribution < -0.4 is 0 Å². The Morgan fingerprint density at radius 3 is 1.85 bits per heavy atom. The Morgan fingerprint density at radius 2 is 1.23 bits per heavy atom. The van der Waals surface area contributed by atoms with Crippen molar-refractivity contribution >= 4 is 6.08 Å². The van der Waals surface area contributed by atoms with Crippen molar-refractivity contribution in [1.29, 1.82) is 0 Å². The molecule has 3 aromatic carbocycles. The van der Waals surface area contributed by atoms with E-state index in [0.717, 1.165) is 24.2 Å². The predicted molar refractivity (Wildman–Crippen MR) is 106 cm³/mol. The van der Waals surface area contributed by atoms with Gasteiger partial charge in [-0.15, -0.1) is 0 Å². The van der Waals surface area contributed by atoms with Crippen molar-refractivity contribution in [2.45, 2.75) is 25.2 Å². The van der Waals surface area contributed by atoms with E-state index in [1.807, 2.05) is 30.3 Å². The zero-order valence-corrected chi connectivity index (χ0v) is 14.7. The molecule has 4 rings (SSSR count). The average Bonchev–Trinajstić information content (AvgIpc) is 2.70. The van der Waals surface area contributed by atoms with Crippen LogP contribution in [0.25, 0.3) is 6.08 Å². The molecule has 2 atom stereocenters. The third-order valence-electron chi connectivity index (χ3n) is 4.99. The summed E-state index contributed by atoms with van der Waals surface area (Å²) in [4.78, 5) is 2.35. The number of fused-ring (bicyclic) bond motifs is 1. The molecular weight excluding hydrogens is 318 g/mol. The van der Waals surface area contributed by atoms with Crippen molar-refractivity contribution in [1.82, 2.24) is 4.90 Å². The van der Waals surface area contributed by atoms with Gasteiger partial charge in [0.2, 0.25) is 0 Å². The fraction of sp³-hybridized carbons (Fsp3) is 0.167. The topological polar surface area (TPSA) is 23.5 Å². The normalized spacial score (nSPS) is 18.7. The second kappa shape index (κ2) is 7.69. The molecule has 0 radical (unpaired) electrons. The minimum Gasteiger partial charge on any atom is -0.386 e. The summed E-state index contributed by atoms with van der Waals surface area (Å²) in [5.74, 6) is 0. The third-order valence-corrected chi connectivity index (χ3v) is 4.99. The first-order chi connectivity index (χ1) is 12.8. The van der Waals surface area contributed by atoms with Gasteiger partial charge in [0, 0.05) is 13.1 Å². The van der Waals surface area contributed by atoms with Gasteiger partial charge in [-0.3, -0.25) is 4.90 Å². The van der Waals surface area contributed by atoms with E-state index < -0.39 is 6.10 Å². The molecule has 26 heavy (non-hydrogen) atoms. The summed E-state index contributed by atoms with van der Waals surface area (Å²) in [7, 11) is 0. The van der Waals surface area contributed by atoms with Gasteiger partial charge in [0.25, 0.3) is 0 Å². The molecule has 0 amide bonds. The maximum absolute atomic E-state index is 11.1. The Balaban J connectivity index is 1.64. The van der Waals surface area contributed by atoms with E-state index in [2.05, 4.69) is 71.6 Å². The molecule has 0 fully saturated rings. The van der Waals surface area contributed by atoms with E-state index in [1.165, 1.54) is 11.1 Å². The van der Waals surface area contributed by atoms with E-state index in [0.29, 0.717) is 0 Å². The molecule has 0 aromatic heterocycles. The number of hydrogen-bond donors (Lipinski definition) is 1. The van der Waals surface area contributed by atoms with Gasteiger partial charge >= 0.3 is 0 Å². The molecule has 2 heteroatoms. The van der Waals surface area contributed by atoms with Crippen molar-refractivity contribution in [3.8, 4) is 0 Å². The van der Waals surface area contributed by atoms with E-state index in [4.69, 9.17) is 0 Å². The van der Waals surface area contributed by atoms with Crippen LogP contribution in [0.4, 0.5) is 0 Å². The molecule has 0 bridgehead atoms. The van der Waals surface area contributed by atoms with Gasteiger partial charge in [-0.2, -0.15) is 0 Å². The van der Waals surface area contributed by atoms with Crippen molar-refractivity contribution in [2.75, 3.05) is 0 Å². The second-order valence-electron chi connectivity index (χ2n) is 6.80. The summed E-state index contributed by atoms with van der Waals surface area (Å²) in [6.45, 7) is 1.59. The first-order valence-electron chi connectivity index (χ1n) is 9.08. The van der Waals surface area contributed by atoms with Crippen LogP contribution in [0.15, 0.2) is 91.0 Å². The summed E-state index contributed by atoms with van der Waals surface area (Å²) < 4.78 is 0. The van der Waals surface area contributed by atoms with Crippen LogP contribution in [0.5, 0.6) is 0 Å². The number of aliphatic hydroxyl groups is 1. The molecule has 1 aliphatic carbocycles. The minimum atomic E-state index is -0.524. The smallest absolute Gasteiger partial charge is 0.0986 e. The van der Waals surface area contributed by atoms with Crippen LogP contribution in [0, 0.1) is 0 Å². The third kappa shape index (κ3) is 3.62. The maximum Gasteiger partial charge on any atom is 0.0986 e. The summed E-state index contributed by atoms with van der Waals surface area (Å²) in [6, 6.07) is 29.0. The number of benzene rings is 3. The molecule has 0 saturated carbocycles. The van der Waals surface area contributed by atoms with Crippen LogP contribution in [0.1, 0.15) is 28.4 Å². The van der Waals surface area contributed by atoms with E-state index >= 15 is 0 Å². The first kappa shape index (κ1) is 16.8. The molecule has 0 saturated heterocycles. The van der Waals surface area contributed by atoms with Crippen LogP contribution in [-0.4, -0.2) is 16.0 Å². The Kier molecular flexibility index (Phi) is 4.96. The lowest BCUT2D eigenvalue weighted by Gasteiger charge is -2.36. The number of rotatable bonds is 5. The van der Waals surface area contributed by atoms with E-state index in [-0.39, 0.29) is 6.04 Å². The van der Waals surface area contributed by atoms with Crippen LogP contribution in [-0.2, 0) is 13.1 Å². The van der Waals surface area contributed by atoms with Crippen LogP contribution in [0.3, 0.4) is 0 Å². The molecule has 1 N–H and O–H groups in total. The molecule has 0 heterocycles. The summed E-state index contributed by atoms with van der Waals surface area (Å²) in [6.07, 6.45) is 3.75. The number of hydrogen-bond acceptors (Lipinski definition) is 2. The van der Waals surface area contributed by atoms with Gasteiger partial charge in [0.05, 0.1) is 12.1 Å². The standard InChI is InChI=1S/C24H23NO/c26-24-22-14-8-7-13-21(22)15-16-23(24)25(17-19-9-3-1-4-10-19)18-20-11-5-2-6-12-20/h1-16,23-24,26H,17-18H2/t23-,24-/m1/s1. The minimum absolute atomic E-state index is 0.0506. The van der Waals surface area contributed by atoms with Gasteiger partial charge in [-0.1, -0.05) is 97.1 Å². The van der Waals surface area contributed by atoms with Gasteiger partial charge in [-0.25, -0.2) is 0 Å². The Labute approximate surface area is 155 Å². The lowest BCUT2D eigenvalue weighted by atomic mass is 9.90. The Hall–Kier alpha value is -2.68. The van der Waals surface area contributed by atoms with Gasteiger partial charge in [0.15, 0.2) is 0 Å². The predicted octanol–water partition coefficient (Wildman–Crippen LogP) is 4.82. The monoisotopic (exact) mass is 341 g/mol. The zero-order chi connectivity index (χ0) is 17.8. The zero-order valence-electron chi connectivity index (χ0n) is 14.7. The largest absolute Gasteiger partial charge is 0.386 e. The van der Waals surface area contributed by atoms with Crippen molar-refractivity contribution in [3.05, 3.63) is 113 Å². The molecular formula is C24H23NO. The molecule has 130 valence electrons. The highest BCUT2D eigenvalue weighted by Crippen LogP contribution is 2.32. The Bertz CT molecular complexity index is 831. The van der Waals surface area contributed by atoms with Crippen molar-refractivity contribution in [3.63, 3.8) is 0 Å². The fourth-order valence-corrected chi connectivity index (χ4v) is 3.65. The van der Waals surface area contributed by atoms with Crippen LogP contribution in [0.2, 0.25) is 0 Å². The molecule has 0 unspecified atom stereocenters. The first-order valence-corrected chi connectivity index (χ1v) is 9.08. The SMILES string of the molecule is O[C@@H]1c2ccccc2C=C[C@H]1N(Cc1ccccc1)Cc1ccccc1. The van der Waals surface area contributed by atoms with Crippen LogP contribution >= 0.6 is 0 Å². The van der Waals surface area contributed by atoms with Crippen molar-refractivity contribution in [2.24, 2.45) is 0 Å². The van der Waals surface area contributed by atoms with E-state index in [1.54, 1.807) is 0 Å². The molecule has 0 spiro atoms. The maximum atomic E-state index is 11.1. The van der Waals surface area contributed by atoms with Gasteiger partial charge in [-0.05, 0) is 22.3 Å². The summed E-state index contributed by atoms with van der Waals surface area (Å²) in [5, 5.41) is 11.1. The Morgan fingerprint density at radius 1 is 0.692 bits per heavy atom. The van der Waals surface area contributed by atoms with E-state index in [9.17, 15) is 5.11 Å². The molecule has 2 nitrogen and oxygen atoms in total. The number of aliphatic hydroxyl groups excluding tert-OH is 1. The van der Waals surface area contributed by atoms with Gasteiger partial charge in [0.1, 0.15) is 0 Å².